The minimum absolute atomic E-state index is 0.0212. The van der Waals surface area contributed by atoms with Crippen LogP contribution in [0.5, 0.6) is 0 Å². The van der Waals surface area contributed by atoms with Gasteiger partial charge in [-0.2, -0.15) is 5.10 Å². The summed E-state index contributed by atoms with van der Waals surface area (Å²) in [6, 6.07) is 9.14. The molecule has 1 aromatic rings. The Morgan fingerprint density at radius 3 is 2.53 bits per heavy atom. The molecule has 3 aliphatic rings. The second-order valence-electron chi connectivity index (χ2n) is 9.32. The first-order valence-electron chi connectivity index (χ1n) is 12.2. The molecule has 36 heavy (non-hydrogen) atoms. The molecular formula is C25H31N3O8. The number of hydrazone groups is 1. The molecule has 4 rings (SSSR count). The van der Waals surface area contributed by atoms with Crippen LogP contribution in [0.3, 0.4) is 0 Å². The maximum Gasteiger partial charge on any atom is 0.428 e. The highest BCUT2D eigenvalue weighted by Gasteiger charge is 2.59. The van der Waals surface area contributed by atoms with Crippen LogP contribution in [0.1, 0.15) is 38.2 Å². The predicted molar refractivity (Wildman–Crippen MR) is 125 cm³/mol. The zero-order chi connectivity index (χ0) is 25.8. The van der Waals surface area contributed by atoms with Gasteiger partial charge < -0.3 is 19.7 Å². The van der Waals surface area contributed by atoms with E-state index in [0.29, 0.717) is 18.6 Å². The highest BCUT2D eigenvalue weighted by molar-refractivity contribution is 6.06. The SMILES string of the molecule is CCOC(=O)CCN1C(=O)[C@H]2[C@H]3[C@H](O)[C@H](O)C/C(=N\NC(=O)OCc4ccccc4)[C@H]3CC[C@H]2C1=O. The first-order chi connectivity index (χ1) is 17.3. The third-order valence-corrected chi connectivity index (χ3v) is 7.22. The number of benzene rings is 1. The van der Waals surface area contributed by atoms with Gasteiger partial charge >= 0.3 is 12.1 Å². The molecule has 6 atom stereocenters. The smallest absolute Gasteiger partial charge is 0.428 e. The molecule has 2 saturated carbocycles. The van der Waals surface area contributed by atoms with Gasteiger partial charge in [0.15, 0.2) is 0 Å². The van der Waals surface area contributed by atoms with Crippen LogP contribution < -0.4 is 5.43 Å². The lowest BCUT2D eigenvalue weighted by molar-refractivity contribution is -0.145. The maximum atomic E-state index is 13.3. The molecule has 0 aromatic heterocycles. The summed E-state index contributed by atoms with van der Waals surface area (Å²) in [6.07, 6.45) is -2.43. The third kappa shape index (κ3) is 5.26. The minimum atomic E-state index is -1.23. The lowest BCUT2D eigenvalue weighted by Gasteiger charge is -2.45. The number of esters is 1. The van der Waals surface area contributed by atoms with Crippen LogP contribution in [0.25, 0.3) is 0 Å². The third-order valence-electron chi connectivity index (χ3n) is 7.22. The number of carbonyl (C=O) groups excluding carboxylic acids is 4. The molecule has 3 fully saturated rings. The van der Waals surface area contributed by atoms with E-state index in [2.05, 4.69) is 10.5 Å². The van der Waals surface area contributed by atoms with Crippen molar-refractivity contribution in [2.24, 2.45) is 28.8 Å². The van der Waals surface area contributed by atoms with E-state index in [1.165, 1.54) is 0 Å². The molecule has 1 saturated heterocycles. The van der Waals surface area contributed by atoms with E-state index in [1.807, 2.05) is 30.3 Å². The van der Waals surface area contributed by atoms with E-state index in [4.69, 9.17) is 9.47 Å². The minimum Gasteiger partial charge on any atom is -0.466 e. The van der Waals surface area contributed by atoms with Crippen LogP contribution in [-0.2, 0) is 30.5 Å². The number of imide groups is 1. The quantitative estimate of drug-likeness (QED) is 0.284. The average Bonchev–Trinajstić information content (AvgIpc) is 3.12. The molecule has 0 bridgehead atoms. The number of carbonyl (C=O) groups is 4. The van der Waals surface area contributed by atoms with Crippen molar-refractivity contribution in [1.29, 1.82) is 0 Å². The maximum absolute atomic E-state index is 13.3. The first kappa shape index (κ1) is 25.8. The van der Waals surface area contributed by atoms with Gasteiger partial charge in [0.05, 0.1) is 37.1 Å². The molecule has 3 N–H and O–H groups in total. The number of nitrogens with one attached hydrogen (secondary N) is 1. The van der Waals surface area contributed by atoms with E-state index < -0.39 is 53.8 Å². The van der Waals surface area contributed by atoms with Crippen molar-refractivity contribution in [2.45, 2.75) is 51.4 Å². The van der Waals surface area contributed by atoms with Crippen molar-refractivity contribution in [2.75, 3.05) is 13.2 Å². The fourth-order valence-electron chi connectivity index (χ4n) is 5.59. The summed E-state index contributed by atoms with van der Waals surface area (Å²) in [6.45, 7) is 1.85. The topological polar surface area (TPSA) is 155 Å². The van der Waals surface area contributed by atoms with Gasteiger partial charge in [0, 0.05) is 30.5 Å². The van der Waals surface area contributed by atoms with Crippen molar-refractivity contribution >= 4 is 29.6 Å². The summed E-state index contributed by atoms with van der Waals surface area (Å²) >= 11 is 0. The molecule has 11 heteroatoms. The molecule has 2 aliphatic carbocycles. The Morgan fingerprint density at radius 1 is 1.08 bits per heavy atom. The lowest BCUT2D eigenvalue weighted by Crippen LogP contribution is -2.55. The molecule has 1 aliphatic heterocycles. The number of nitrogens with zero attached hydrogens (tertiary/aromatic N) is 2. The van der Waals surface area contributed by atoms with Gasteiger partial charge in [0.2, 0.25) is 11.8 Å². The van der Waals surface area contributed by atoms with Crippen molar-refractivity contribution < 1.29 is 38.9 Å². The molecule has 0 radical (unpaired) electrons. The van der Waals surface area contributed by atoms with Crippen molar-refractivity contribution in [3.63, 3.8) is 0 Å². The van der Waals surface area contributed by atoms with Crippen LogP contribution in [0.4, 0.5) is 4.79 Å². The van der Waals surface area contributed by atoms with Gasteiger partial charge in [0.1, 0.15) is 6.61 Å². The lowest BCUT2D eigenvalue weighted by atomic mass is 9.60. The number of amides is 3. The number of ether oxygens (including phenoxy) is 2. The number of likely N-dealkylation sites (tertiary alicyclic amines) is 1. The van der Waals surface area contributed by atoms with Gasteiger partial charge in [0.25, 0.3) is 0 Å². The number of rotatable bonds is 7. The largest absolute Gasteiger partial charge is 0.466 e. The Balaban J connectivity index is 1.45. The van der Waals surface area contributed by atoms with E-state index in [-0.39, 0.29) is 38.5 Å². The summed E-state index contributed by atoms with van der Waals surface area (Å²) < 4.78 is 10.1. The highest BCUT2D eigenvalue weighted by atomic mass is 16.6. The highest BCUT2D eigenvalue weighted by Crippen LogP contribution is 2.49. The fourth-order valence-corrected chi connectivity index (χ4v) is 5.59. The Morgan fingerprint density at radius 2 is 1.81 bits per heavy atom. The van der Waals surface area contributed by atoms with E-state index in [1.54, 1.807) is 6.92 Å². The molecule has 1 heterocycles. The predicted octanol–water partition coefficient (Wildman–Crippen LogP) is 0.975. The summed E-state index contributed by atoms with van der Waals surface area (Å²) in [5, 5.41) is 25.5. The molecule has 0 spiro atoms. The second-order valence-corrected chi connectivity index (χ2v) is 9.32. The van der Waals surface area contributed by atoms with Crippen molar-refractivity contribution in [1.82, 2.24) is 10.3 Å². The molecular weight excluding hydrogens is 470 g/mol. The fraction of sp³-hybridized carbons (Fsp3) is 0.560. The molecule has 11 nitrogen and oxygen atoms in total. The van der Waals surface area contributed by atoms with Crippen LogP contribution >= 0.6 is 0 Å². The Labute approximate surface area is 208 Å². The normalized spacial score (nSPS) is 30.5. The molecule has 0 unspecified atom stereocenters. The Kier molecular flexibility index (Phi) is 8.00. The first-order valence-corrected chi connectivity index (χ1v) is 12.2. The van der Waals surface area contributed by atoms with Gasteiger partial charge in [-0.25, -0.2) is 10.2 Å². The van der Waals surface area contributed by atoms with E-state index >= 15 is 0 Å². The number of hydrogen-bond acceptors (Lipinski definition) is 9. The molecule has 3 amide bonds. The molecule has 1 aromatic carbocycles. The number of aliphatic hydroxyl groups excluding tert-OH is 2. The average molecular weight is 502 g/mol. The summed E-state index contributed by atoms with van der Waals surface area (Å²) in [4.78, 5) is 51.2. The van der Waals surface area contributed by atoms with Gasteiger partial charge in [-0.05, 0) is 25.3 Å². The molecule has 194 valence electrons. The second kappa shape index (κ2) is 11.2. The van der Waals surface area contributed by atoms with Gasteiger partial charge in [-0.3, -0.25) is 19.3 Å². The zero-order valence-corrected chi connectivity index (χ0v) is 20.0. The van der Waals surface area contributed by atoms with Crippen LogP contribution in [-0.4, -0.2) is 70.1 Å². The van der Waals surface area contributed by atoms with E-state index in [9.17, 15) is 29.4 Å². The summed E-state index contributed by atoms with van der Waals surface area (Å²) in [5.74, 6) is -3.95. The van der Waals surface area contributed by atoms with Gasteiger partial charge in [-0.15, -0.1) is 0 Å². The summed E-state index contributed by atoms with van der Waals surface area (Å²) in [7, 11) is 0. The standard InChI is InChI=1S/C25H31N3O8/c1-2-35-19(30)10-11-28-23(32)16-9-8-15-17(12-18(29)22(31)20(15)21(16)24(28)33)26-27-25(34)36-13-14-6-4-3-5-7-14/h3-7,15-16,18,20-22,29,31H,2,8-13H2,1H3,(H,27,34)/b26-17+/t15-,16-,18-,20+,21-,22-/m1/s1. The van der Waals surface area contributed by atoms with Crippen molar-refractivity contribution in [3.05, 3.63) is 35.9 Å². The Hall–Kier alpha value is -3.31. The number of aliphatic hydroxyl groups is 2. The Bertz CT molecular complexity index is 1030. The van der Waals surface area contributed by atoms with Gasteiger partial charge in [-0.1, -0.05) is 30.3 Å². The van der Waals surface area contributed by atoms with E-state index in [0.717, 1.165) is 10.5 Å². The van der Waals surface area contributed by atoms with Crippen LogP contribution in [0, 0.1) is 23.7 Å². The number of hydrogen-bond donors (Lipinski definition) is 3. The van der Waals surface area contributed by atoms with Crippen molar-refractivity contribution in [3.8, 4) is 0 Å². The number of fused-ring (bicyclic) bond motifs is 3. The van der Waals surface area contributed by atoms with Crippen LogP contribution in [0.15, 0.2) is 35.4 Å². The van der Waals surface area contributed by atoms with Crippen LogP contribution in [0.2, 0.25) is 0 Å². The summed E-state index contributed by atoms with van der Waals surface area (Å²) in [5.41, 5.74) is 3.60. The monoisotopic (exact) mass is 501 g/mol. The zero-order valence-electron chi connectivity index (χ0n) is 20.0.